The zero-order chi connectivity index (χ0) is 10.8. The van der Waals surface area contributed by atoms with Crippen molar-refractivity contribution < 1.29 is 0 Å². The van der Waals surface area contributed by atoms with Crippen molar-refractivity contribution in [3.63, 3.8) is 0 Å². The molecule has 1 heterocycles. The van der Waals surface area contributed by atoms with E-state index in [-0.39, 0.29) is 11.1 Å². The van der Waals surface area contributed by atoms with Gasteiger partial charge in [-0.25, -0.2) is 4.98 Å². The van der Waals surface area contributed by atoms with Gasteiger partial charge in [0, 0.05) is 31.5 Å². The number of H-pyrrole nitrogens is 1. The van der Waals surface area contributed by atoms with Gasteiger partial charge in [-0.1, -0.05) is 0 Å². The summed E-state index contributed by atoms with van der Waals surface area (Å²) in [4.78, 5) is 19.8. The number of anilines is 1. The smallest absolute Gasteiger partial charge is 0.290 e. The van der Waals surface area contributed by atoms with E-state index in [9.17, 15) is 4.79 Å². The Kier molecular flexibility index (Phi) is 2.90. The second kappa shape index (κ2) is 3.79. The van der Waals surface area contributed by atoms with E-state index in [1.807, 2.05) is 20.9 Å². The molecule has 0 aliphatic rings. The zero-order valence-electron chi connectivity index (χ0n) is 8.74. The molecule has 0 aromatic carbocycles. The van der Waals surface area contributed by atoms with Crippen molar-refractivity contribution in [1.82, 2.24) is 9.97 Å². The topological polar surface area (TPSA) is 75.0 Å². The van der Waals surface area contributed by atoms with Crippen LogP contribution in [0, 0.1) is 0 Å². The van der Waals surface area contributed by atoms with E-state index < -0.39 is 0 Å². The van der Waals surface area contributed by atoms with Crippen molar-refractivity contribution in [1.29, 1.82) is 0 Å². The van der Waals surface area contributed by atoms with Crippen LogP contribution in [0.4, 0.5) is 5.82 Å². The SMILES string of the molecule is CN(c1ncc[nH]c1=O)C(C)(C)CN. The third-order valence-corrected chi connectivity index (χ3v) is 2.41. The lowest BCUT2D eigenvalue weighted by atomic mass is 10.0. The van der Waals surface area contributed by atoms with Gasteiger partial charge < -0.3 is 15.6 Å². The standard InChI is InChI=1S/C9H16N4O/c1-9(2,6-10)13(3)7-8(14)12-5-4-11-7/h4-5H,6,10H2,1-3H3,(H,12,14). The van der Waals surface area contributed by atoms with Crippen LogP contribution in [0.3, 0.4) is 0 Å². The molecule has 0 aliphatic carbocycles. The second-order valence-electron chi connectivity index (χ2n) is 3.82. The lowest BCUT2D eigenvalue weighted by molar-refractivity contribution is 0.493. The molecule has 3 N–H and O–H groups in total. The molecule has 0 amide bonds. The van der Waals surface area contributed by atoms with E-state index in [0.717, 1.165) is 0 Å². The van der Waals surface area contributed by atoms with Crippen molar-refractivity contribution in [2.45, 2.75) is 19.4 Å². The predicted octanol–water partition coefficient (Wildman–Crippen LogP) is -0.0566. The van der Waals surface area contributed by atoms with Crippen LogP contribution in [0.2, 0.25) is 0 Å². The summed E-state index contributed by atoms with van der Waals surface area (Å²) in [7, 11) is 1.81. The van der Waals surface area contributed by atoms with Gasteiger partial charge in [0.2, 0.25) is 0 Å². The van der Waals surface area contributed by atoms with Crippen molar-refractivity contribution >= 4 is 5.82 Å². The Morgan fingerprint density at radius 3 is 2.79 bits per heavy atom. The third kappa shape index (κ3) is 1.93. The number of nitrogens with zero attached hydrogens (tertiary/aromatic N) is 2. The van der Waals surface area contributed by atoms with Gasteiger partial charge in [-0.15, -0.1) is 0 Å². The first-order chi connectivity index (χ1) is 6.49. The molecule has 0 bridgehead atoms. The maximum Gasteiger partial charge on any atom is 0.290 e. The molecule has 78 valence electrons. The lowest BCUT2D eigenvalue weighted by Gasteiger charge is -2.34. The minimum atomic E-state index is -0.276. The second-order valence-corrected chi connectivity index (χ2v) is 3.82. The summed E-state index contributed by atoms with van der Waals surface area (Å²) in [5, 5.41) is 0. The average Bonchev–Trinajstić information content (AvgIpc) is 2.17. The molecule has 0 unspecified atom stereocenters. The van der Waals surface area contributed by atoms with E-state index in [1.54, 1.807) is 11.1 Å². The Bertz CT molecular complexity index is 358. The maximum absolute atomic E-state index is 11.4. The van der Waals surface area contributed by atoms with E-state index in [2.05, 4.69) is 9.97 Å². The van der Waals surface area contributed by atoms with E-state index in [0.29, 0.717) is 12.4 Å². The number of nitrogens with one attached hydrogen (secondary N) is 1. The highest BCUT2D eigenvalue weighted by molar-refractivity contribution is 5.37. The van der Waals surface area contributed by atoms with Crippen LogP contribution < -0.4 is 16.2 Å². The van der Waals surface area contributed by atoms with E-state index in [1.165, 1.54) is 6.20 Å². The Hall–Kier alpha value is -1.36. The molecule has 0 saturated carbocycles. The minimum absolute atomic E-state index is 0.198. The van der Waals surface area contributed by atoms with Gasteiger partial charge in [-0.05, 0) is 13.8 Å². The predicted molar refractivity (Wildman–Crippen MR) is 56.4 cm³/mol. The first-order valence-corrected chi connectivity index (χ1v) is 4.46. The molecule has 0 aliphatic heterocycles. The van der Waals surface area contributed by atoms with Crippen LogP contribution >= 0.6 is 0 Å². The summed E-state index contributed by atoms with van der Waals surface area (Å²) in [5.41, 5.74) is 5.14. The fraction of sp³-hybridized carbons (Fsp3) is 0.556. The normalized spacial score (nSPS) is 11.4. The molecule has 14 heavy (non-hydrogen) atoms. The number of hydrogen-bond acceptors (Lipinski definition) is 4. The summed E-state index contributed by atoms with van der Waals surface area (Å²) in [6.07, 6.45) is 3.06. The van der Waals surface area contributed by atoms with Crippen molar-refractivity contribution in [2.75, 3.05) is 18.5 Å². The van der Waals surface area contributed by atoms with Crippen LogP contribution in [0.15, 0.2) is 17.2 Å². The average molecular weight is 196 g/mol. The number of aromatic amines is 1. The summed E-state index contributed by atoms with van der Waals surface area (Å²) in [6.45, 7) is 4.38. The van der Waals surface area contributed by atoms with Crippen molar-refractivity contribution in [3.8, 4) is 0 Å². The highest BCUT2D eigenvalue weighted by atomic mass is 16.1. The van der Waals surface area contributed by atoms with Gasteiger partial charge in [0.15, 0.2) is 5.82 Å². The Balaban J connectivity index is 3.07. The Morgan fingerprint density at radius 1 is 1.64 bits per heavy atom. The number of hydrogen-bond donors (Lipinski definition) is 2. The van der Waals surface area contributed by atoms with Crippen LogP contribution in [-0.4, -0.2) is 29.1 Å². The summed E-state index contributed by atoms with van der Waals surface area (Å²) >= 11 is 0. The molecular weight excluding hydrogens is 180 g/mol. The lowest BCUT2D eigenvalue weighted by Crippen LogP contribution is -2.49. The molecule has 0 radical (unpaired) electrons. The van der Waals surface area contributed by atoms with E-state index >= 15 is 0 Å². The van der Waals surface area contributed by atoms with Gasteiger partial charge in [0.05, 0.1) is 0 Å². The molecular formula is C9H16N4O. The van der Waals surface area contributed by atoms with Gasteiger partial charge >= 0.3 is 0 Å². The number of nitrogens with two attached hydrogens (primary N) is 1. The fourth-order valence-electron chi connectivity index (χ4n) is 1.01. The Labute approximate surface area is 83.0 Å². The third-order valence-electron chi connectivity index (χ3n) is 2.41. The molecule has 5 heteroatoms. The molecule has 0 spiro atoms. The maximum atomic E-state index is 11.4. The Morgan fingerprint density at radius 2 is 2.29 bits per heavy atom. The fourth-order valence-corrected chi connectivity index (χ4v) is 1.01. The van der Waals surface area contributed by atoms with Crippen molar-refractivity contribution in [3.05, 3.63) is 22.7 Å². The van der Waals surface area contributed by atoms with Gasteiger partial charge in [0.25, 0.3) is 5.56 Å². The molecule has 0 fully saturated rings. The number of aromatic nitrogens is 2. The molecule has 0 atom stereocenters. The largest absolute Gasteiger partial charge is 0.349 e. The zero-order valence-corrected chi connectivity index (χ0v) is 8.74. The number of rotatable bonds is 3. The summed E-state index contributed by atoms with van der Waals surface area (Å²) in [5.74, 6) is 0.392. The van der Waals surface area contributed by atoms with Gasteiger partial charge in [-0.3, -0.25) is 4.79 Å². The molecule has 1 rings (SSSR count). The van der Waals surface area contributed by atoms with Crippen LogP contribution in [-0.2, 0) is 0 Å². The van der Waals surface area contributed by atoms with E-state index in [4.69, 9.17) is 5.73 Å². The summed E-state index contributed by atoms with van der Waals surface area (Å²) < 4.78 is 0. The minimum Gasteiger partial charge on any atom is -0.349 e. The molecule has 5 nitrogen and oxygen atoms in total. The van der Waals surface area contributed by atoms with Crippen LogP contribution in [0.5, 0.6) is 0 Å². The number of likely N-dealkylation sites (N-methyl/N-ethyl adjacent to an activating group) is 1. The summed E-state index contributed by atoms with van der Waals surface area (Å²) in [6, 6.07) is 0. The van der Waals surface area contributed by atoms with Crippen LogP contribution in [0.25, 0.3) is 0 Å². The molecule has 0 saturated heterocycles. The van der Waals surface area contributed by atoms with Crippen LogP contribution in [0.1, 0.15) is 13.8 Å². The van der Waals surface area contributed by atoms with Crippen molar-refractivity contribution in [2.24, 2.45) is 5.73 Å². The first-order valence-electron chi connectivity index (χ1n) is 4.46. The quantitative estimate of drug-likeness (QED) is 0.710. The highest BCUT2D eigenvalue weighted by Crippen LogP contribution is 2.14. The first kappa shape index (κ1) is 10.7. The van der Waals surface area contributed by atoms with Gasteiger partial charge in [0.1, 0.15) is 0 Å². The molecule has 1 aromatic rings. The highest BCUT2D eigenvalue weighted by Gasteiger charge is 2.24. The monoisotopic (exact) mass is 196 g/mol. The van der Waals surface area contributed by atoms with Gasteiger partial charge in [-0.2, -0.15) is 0 Å². The molecule has 1 aromatic heterocycles.